The maximum absolute atomic E-state index is 5.53. The second kappa shape index (κ2) is 8.51. The lowest BCUT2D eigenvalue weighted by atomic mass is 10.0. The van der Waals surface area contributed by atoms with Crippen LogP contribution in [0.5, 0.6) is 0 Å². The van der Waals surface area contributed by atoms with E-state index >= 15 is 0 Å². The van der Waals surface area contributed by atoms with Gasteiger partial charge in [-0.1, -0.05) is 24.3 Å². The lowest BCUT2D eigenvalue weighted by molar-refractivity contribution is 0.122. The minimum absolute atomic E-state index is 0.567. The molecule has 3 aromatic rings. The van der Waals surface area contributed by atoms with E-state index in [1.807, 2.05) is 0 Å². The first-order valence-corrected chi connectivity index (χ1v) is 11.0. The molecule has 3 heterocycles. The molecule has 1 saturated heterocycles. The van der Waals surface area contributed by atoms with Gasteiger partial charge in [-0.25, -0.2) is 0 Å². The van der Waals surface area contributed by atoms with Gasteiger partial charge >= 0.3 is 0 Å². The minimum Gasteiger partial charge on any atom is -0.378 e. The van der Waals surface area contributed by atoms with Gasteiger partial charge in [0.15, 0.2) is 0 Å². The Labute approximate surface area is 183 Å². The molecule has 160 valence electrons. The molecular weight excluding hydrogens is 388 g/mol. The first-order chi connectivity index (χ1) is 15.2. The highest BCUT2D eigenvalue weighted by Crippen LogP contribution is 2.33. The van der Waals surface area contributed by atoms with E-state index in [1.165, 1.54) is 22.4 Å². The molecule has 1 fully saturated rings. The van der Waals surface area contributed by atoms with Gasteiger partial charge in [0.1, 0.15) is 0 Å². The van der Waals surface area contributed by atoms with E-state index in [4.69, 9.17) is 19.7 Å². The molecule has 31 heavy (non-hydrogen) atoms. The van der Waals surface area contributed by atoms with Gasteiger partial charge in [0.05, 0.1) is 13.2 Å². The van der Waals surface area contributed by atoms with Crippen molar-refractivity contribution in [3.8, 4) is 0 Å². The van der Waals surface area contributed by atoms with Gasteiger partial charge in [-0.05, 0) is 61.6 Å². The molecule has 0 amide bonds. The van der Waals surface area contributed by atoms with Crippen molar-refractivity contribution in [1.29, 1.82) is 0 Å². The van der Waals surface area contributed by atoms with E-state index in [-0.39, 0.29) is 0 Å². The number of para-hydroxylation sites is 1. The molecule has 5 rings (SSSR count). The Kier molecular flexibility index (Phi) is 5.42. The molecule has 2 aliphatic heterocycles. The molecule has 2 aromatic carbocycles. The van der Waals surface area contributed by atoms with Crippen molar-refractivity contribution in [1.82, 2.24) is 15.0 Å². The maximum Gasteiger partial charge on any atom is 0.236 e. The molecule has 7 heteroatoms. The Hall–Kier alpha value is -3.19. The van der Waals surface area contributed by atoms with Crippen LogP contribution in [0.4, 0.5) is 29.2 Å². The first kappa shape index (κ1) is 19.8. The number of benzene rings is 2. The number of anilines is 5. The first-order valence-electron chi connectivity index (χ1n) is 11.0. The van der Waals surface area contributed by atoms with Crippen molar-refractivity contribution in [3.05, 3.63) is 59.2 Å². The van der Waals surface area contributed by atoms with Crippen LogP contribution in [-0.4, -0.2) is 47.8 Å². The van der Waals surface area contributed by atoms with E-state index < -0.39 is 0 Å². The van der Waals surface area contributed by atoms with Crippen molar-refractivity contribution >= 4 is 29.2 Å². The standard InChI is InChI=1S/C24H28N6O/c1-17-9-10-20(16-18(17)2)25-22-26-23(29-12-14-31-15-13-29)28-24(27-22)30-11-5-7-19-6-3-4-8-21(19)30/h3-4,6,8-10,16H,5,7,11-15H2,1-2H3,(H,25,26,27,28). The van der Waals surface area contributed by atoms with Crippen LogP contribution in [0.3, 0.4) is 0 Å². The monoisotopic (exact) mass is 416 g/mol. The average molecular weight is 417 g/mol. The Morgan fingerprint density at radius 2 is 1.68 bits per heavy atom. The summed E-state index contributed by atoms with van der Waals surface area (Å²) in [6, 6.07) is 14.8. The van der Waals surface area contributed by atoms with Crippen LogP contribution in [0.15, 0.2) is 42.5 Å². The molecule has 1 N–H and O–H groups in total. The highest BCUT2D eigenvalue weighted by Gasteiger charge is 2.23. The number of hydrogen-bond acceptors (Lipinski definition) is 7. The molecule has 0 unspecified atom stereocenters. The SMILES string of the molecule is Cc1ccc(Nc2nc(N3CCOCC3)nc(N3CCCc4ccccc43)n2)cc1C. The number of aryl methyl sites for hydroxylation is 3. The summed E-state index contributed by atoms with van der Waals surface area (Å²) in [6.45, 7) is 8.06. The van der Waals surface area contributed by atoms with Gasteiger partial charge < -0.3 is 19.9 Å². The Morgan fingerprint density at radius 1 is 0.871 bits per heavy atom. The second-order valence-corrected chi connectivity index (χ2v) is 8.17. The van der Waals surface area contributed by atoms with Crippen LogP contribution in [0, 0.1) is 13.8 Å². The highest BCUT2D eigenvalue weighted by atomic mass is 16.5. The fraction of sp³-hybridized carbons (Fsp3) is 0.375. The summed E-state index contributed by atoms with van der Waals surface area (Å²) in [5.74, 6) is 1.95. The molecule has 2 aliphatic rings. The molecule has 0 aliphatic carbocycles. The van der Waals surface area contributed by atoms with E-state index in [1.54, 1.807) is 0 Å². The van der Waals surface area contributed by atoms with Crippen LogP contribution in [0.25, 0.3) is 0 Å². The normalized spacial score (nSPS) is 16.2. The van der Waals surface area contributed by atoms with E-state index in [2.05, 4.69) is 71.4 Å². The zero-order chi connectivity index (χ0) is 21.2. The summed E-state index contributed by atoms with van der Waals surface area (Å²) in [6.07, 6.45) is 2.16. The van der Waals surface area contributed by atoms with Crippen molar-refractivity contribution in [2.24, 2.45) is 0 Å². The summed E-state index contributed by atoms with van der Waals surface area (Å²) in [5, 5.41) is 3.41. The zero-order valence-corrected chi connectivity index (χ0v) is 18.1. The Balaban J connectivity index is 1.54. The van der Waals surface area contributed by atoms with Gasteiger partial charge in [-0.2, -0.15) is 15.0 Å². The number of hydrogen-bond donors (Lipinski definition) is 1. The number of nitrogens with zero attached hydrogens (tertiary/aromatic N) is 5. The number of nitrogens with one attached hydrogen (secondary N) is 1. The molecule has 1 aromatic heterocycles. The molecule has 7 nitrogen and oxygen atoms in total. The predicted molar refractivity (Wildman–Crippen MR) is 124 cm³/mol. The van der Waals surface area contributed by atoms with Crippen LogP contribution >= 0.6 is 0 Å². The molecule has 0 radical (unpaired) electrons. The van der Waals surface area contributed by atoms with Crippen molar-refractivity contribution < 1.29 is 4.74 Å². The van der Waals surface area contributed by atoms with Crippen LogP contribution in [-0.2, 0) is 11.2 Å². The fourth-order valence-electron chi connectivity index (χ4n) is 4.12. The van der Waals surface area contributed by atoms with E-state index in [0.717, 1.165) is 38.2 Å². The summed E-state index contributed by atoms with van der Waals surface area (Å²) in [4.78, 5) is 18.9. The smallest absolute Gasteiger partial charge is 0.236 e. The van der Waals surface area contributed by atoms with Crippen LogP contribution in [0.1, 0.15) is 23.1 Å². The number of morpholine rings is 1. The predicted octanol–water partition coefficient (Wildman–Crippen LogP) is 4.15. The van der Waals surface area contributed by atoms with Crippen LogP contribution < -0.4 is 15.1 Å². The number of fused-ring (bicyclic) bond motifs is 1. The van der Waals surface area contributed by atoms with E-state index in [9.17, 15) is 0 Å². The van der Waals surface area contributed by atoms with Crippen molar-refractivity contribution in [2.45, 2.75) is 26.7 Å². The largest absolute Gasteiger partial charge is 0.378 e. The third-order valence-corrected chi connectivity index (χ3v) is 6.02. The fourth-order valence-corrected chi connectivity index (χ4v) is 4.12. The van der Waals surface area contributed by atoms with Gasteiger partial charge in [0.25, 0.3) is 0 Å². The lowest BCUT2D eigenvalue weighted by Gasteiger charge is -2.31. The van der Waals surface area contributed by atoms with Gasteiger partial charge in [0.2, 0.25) is 17.8 Å². The zero-order valence-electron chi connectivity index (χ0n) is 18.1. The van der Waals surface area contributed by atoms with Crippen LogP contribution in [0.2, 0.25) is 0 Å². The maximum atomic E-state index is 5.53. The highest BCUT2D eigenvalue weighted by molar-refractivity contribution is 5.66. The number of aromatic nitrogens is 3. The number of rotatable bonds is 4. The van der Waals surface area contributed by atoms with Gasteiger partial charge in [0, 0.05) is 31.0 Å². The second-order valence-electron chi connectivity index (χ2n) is 8.17. The van der Waals surface area contributed by atoms with Crippen molar-refractivity contribution in [3.63, 3.8) is 0 Å². The average Bonchev–Trinajstić information content (AvgIpc) is 2.81. The molecular formula is C24H28N6O. The summed E-state index contributed by atoms with van der Waals surface area (Å²) < 4.78 is 5.53. The van der Waals surface area contributed by atoms with Gasteiger partial charge in [-0.15, -0.1) is 0 Å². The summed E-state index contributed by atoms with van der Waals surface area (Å²) in [5.41, 5.74) is 6.00. The van der Waals surface area contributed by atoms with Crippen molar-refractivity contribution in [2.75, 3.05) is 48.0 Å². The van der Waals surface area contributed by atoms with Gasteiger partial charge in [-0.3, -0.25) is 0 Å². The summed E-state index contributed by atoms with van der Waals surface area (Å²) >= 11 is 0. The lowest BCUT2D eigenvalue weighted by Crippen LogP contribution is -2.38. The van der Waals surface area contributed by atoms with E-state index in [0.29, 0.717) is 31.1 Å². The third kappa shape index (κ3) is 4.18. The number of ether oxygens (including phenoxy) is 1. The molecule has 0 atom stereocenters. The molecule has 0 spiro atoms. The topological polar surface area (TPSA) is 66.4 Å². The molecule has 0 saturated carbocycles. The third-order valence-electron chi connectivity index (χ3n) is 6.02. The molecule has 0 bridgehead atoms. The minimum atomic E-state index is 0.567. The summed E-state index contributed by atoms with van der Waals surface area (Å²) in [7, 11) is 0. The quantitative estimate of drug-likeness (QED) is 0.685. The Bertz CT molecular complexity index is 1080. The Morgan fingerprint density at radius 3 is 2.52 bits per heavy atom.